The lowest BCUT2D eigenvalue weighted by atomic mass is 10.1. The average Bonchev–Trinajstić information content (AvgIpc) is 3.15. The van der Waals surface area contributed by atoms with Gasteiger partial charge < -0.3 is 10.1 Å². The van der Waals surface area contributed by atoms with Gasteiger partial charge in [0.2, 0.25) is 5.91 Å². The van der Waals surface area contributed by atoms with Crippen LogP contribution in [0.3, 0.4) is 0 Å². The normalized spacial score (nSPS) is 10.7. The Morgan fingerprint density at radius 3 is 2.35 bits per heavy atom. The fourth-order valence-electron chi connectivity index (χ4n) is 3.20. The second-order valence-corrected chi connectivity index (χ2v) is 8.42. The maximum atomic E-state index is 12.4. The summed E-state index contributed by atoms with van der Waals surface area (Å²) < 4.78 is 5.51. The van der Waals surface area contributed by atoms with Crippen molar-refractivity contribution in [2.24, 2.45) is 0 Å². The number of benzene rings is 2. The SMILES string of the molecule is CCCc1sc(NC(=O)CCC(=O)c2ccc(C)cc2)nc1-c1ccc(OCC)cc1. The molecule has 0 spiro atoms. The smallest absolute Gasteiger partial charge is 0.226 e. The van der Waals surface area contributed by atoms with Gasteiger partial charge in [-0.3, -0.25) is 9.59 Å². The van der Waals surface area contributed by atoms with Crippen molar-refractivity contribution in [3.05, 3.63) is 64.5 Å². The molecule has 5 nitrogen and oxygen atoms in total. The summed E-state index contributed by atoms with van der Waals surface area (Å²) >= 11 is 1.49. The van der Waals surface area contributed by atoms with E-state index in [1.165, 1.54) is 11.3 Å². The number of nitrogens with zero attached hydrogens (tertiary/aromatic N) is 1. The minimum Gasteiger partial charge on any atom is -0.494 e. The molecule has 0 aliphatic carbocycles. The van der Waals surface area contributed by atoms with E-state index in [-0.39, 0.29) is 24.5 Å². The number of hydrogen-bond donors (Lipinski definition) is 1. The van der Waals surface area contributed by atoms with Crippen LogP contribution in [0, 0.1) is 6.92 Å². The maximum Gasteiger partial charge on any atom is 0.226 e. The van der Waals surface area contributed by atoms with E-state index in [1.54, 1.807) is 12.1 Å². The molecule has 0 saturated heterocycles. The summed E-state index contributed by atoms with van der Waals surface area (Å²) in [5.74, 6) is 0.594. The summed E-state index contributed by atoms with van der Waals surface area (Å²) in [6.07, 6.45) is 2.19. The number of ether oxygens (including phenoxy) is 1. The van der Waals surface area contributed by atoms with Crippen molar-refractivity contribution < 1.29 is 14.3 Å². The summed E-state index contributed by atoms with van der Waals surface area (Å²) in [5.41, 5.74) is 3.62. The molecule has 3 aromatic rings. The number of hydrogen-bond acceptors (Lipinski definition) is 5. The van der Waals surface area contributed by atoms with Gasteiger partial charge in [-0.25, -0.2) is 4.98 Å². The average molecular weight is 437 g/mol. The Hall–Kier alpha value is -2.99. The third-order valence-corrected chi connectivity index (χ3v) is 5.84. The number of aromatic nitrogens is 1. The van der Waals surface area contributed by atoms with E-state index < -0.39 is 0 Å². The highest BCUT2D eigenvalue weighted by Gasteiger charge is 2.16. The number of thiazole rings is 1. The number of nitrogens with one attached hydrogen (secondary N) is 1. The first-order chi connectivity index (χ1) is 15.0. The number of anilines is 1. The molecule has 3 rings (SSSR count). The minimum atomic E-state index is -0.199. The summed E-state index contributed by atoms with van der Waals surface area (Å²) in [4.78, 5) is 30.5. The van der Waals surface area contributed by atoms with Crippen molar-refractivity contribution in [1.82, 2.24) is 4.98 Å². The van der Waals surface area contributed by atoms with Crippen molar-refractivity contribution in [2.75, 3.05) is 11.9 Å². The molecule has 0 radical (unpaired) electrons. The van der Waals surface area contributed by atoms with E-state index >= 15 is 0 Å². The van der Waals surface area contributed by atoms with Gasteiger partial charge in [-0.1, -0.05) is 43.2 Å². The Bertz CT molecular complexity index is 1020. The molecule has 31 heavy (non-hydrogen) atoms. The van der Waals surface area contributed by atoms with Crippen LogP contribution in [0.15, 0.2) is 48.5 Å². The molecule has 0 saturated carbocycles. The Morgan fingerprint density at radius 1 is 1.00 bits per heavy atom. The number of rotatable bonds is 10. The van der Waals surface area contributed by atoms with Crippen LogP contribution in [0.2, 0.25) is 0 Å². The number of Topliss-reactive ketones (excluding diaryl/α,β-unsaturated/α-hetero) is 1. The van der Waals surface area contributed by atoms with Crippen LogP contribution in [0.1, 0.15) is 53.9 Å². The van der Waals surface area contributed by atoms with Crippen LogP contribution in [0.4, 0.5) is 5.13 Å². The van der Waals surface area contributed by atoms with Crippen LogP contribution < -0.4 is 10.1 Å². The predicted molar refractivity (Wildman–Crippen MR) is 126 cm³/mol. The molecule has 2 aromatic carbocycles. The van der Waals surface area contributed by atoms with E-state index in [1.807, 2.05) is 50.2 Å². The highest BCUT2D eigenvalue weighted by molar-refractivity contribution is 7.16. The van der Waals surface area contributed by atoms with Crippen molar-refractivity contribution in [3.63, 3.8) is 0 Å². The van der Waals surface area contributed by atoms with Gasteiger partial charge in [-0.15, -0.1) is 11.3 Å². The molecular weight excluding hydrogens is 408 g/mol. The molecule has 1 heterocycles. The largest absolute Gasteiger partial charge is 0.494 e. The summed E-state index contributed by atoms with van der Waals surface area (Å²) in [5, 5.41) is 3.44. The third kappa shape index (κ3) is 6.25. The standard InChI is InChI=1S/C25H28N2O3S/c1-4-6-22-24(19-11-13-20(14-12-19)30-5-2)27-25(31-22)26-23(29)16-15-21(28)18-9-7-17(3)8-10-18/h7-14H,4-6,15-16H2,1-3H3,(H,26,27,29). The summed E-state index contributed by atoms with van der Waals surface area (Å²) in [6.45, 7) is 6.68. The molecule has 0 atom stereocenters. The lowest BCUT2D eigenvalue weighted by Crippen LogP contribution is -2.13. The zero-order valence-corrected chi connectivity index (χ0v) is 19.1. The number of carbonyl (C=O) groups excluding carboxylic acids is 2. The van der Waals surface area contributed by atoms with Crippen molar-refractivity contribution in [1.29, 1.82) is 0 Å². The highest BCUT2D eigenvalue weighted by Crippen LogP contribution is 2.33. The quantitative estimate of drug-likeness (QED) is 0.392. The Balaban J connectivity index is 1.65. The zero-order valence-electron chi connectivity index (χ0n) is 18.2. The monoisotopic (exact) mass is 436 g/mol. The second kappa shape index (κ2) is 10.9. The molecule has 0 fully saturated rings. The molecule has 1 N–H and O–H groups in total. The van der Waals surface area contributed by atoms with Crippen molar-refractivity contribution >= 4 is 28.2 Å². The van der Waals surface area contributed by atoms with E-state index in [4.69, 9.17) is 4.74 Å². The topological polar surface area (TPSA) is 68.3 Å². The van der Waals surface area contributed by atoms with E-state index in [0.717, 1.165) is 40.3 Å². The number of amides is 1. The minimum absolute atomic E-state index is 0.0314. The van der Waals surface area contributed by atoms with Crippen LogP contribution in [-0.2, 0) is 11.2 Å². The first kappa shape index (κ1) is 22.7. The first-order valence-corrected chi connectivity index (χ1v) is 11.4. The fourth-order valence-corrected chi connectivity index (χ4v) is 4.30. The molecule has 0 bridgehead atoms. The molecule has 162 valence electrons. The van der Waals surface area contributed by atoms with Crippen molar-refractivity contribution in [2.45, 2.75) is 46.5 Å². The molecular formula is C25H28N2O3S. The first-order valence-electron chi connectivity index (χ1n) is 10.6. The number of carbonyl (C=O) groups is 2. The van der Waals surface area contributed by atoms with Crippen LogP contribution in [0.5, 0.6) is 5.75 Å². The molecule has 0 unspecified atom stereocenters. The fraction of sp³-hybridized carbons (Fsp3) is 0.320. The van der Waals surface area contributed by atoms with Gasteiger partial charge in [-0.05, 0) is 44.5 Å². The maximum absolute atomic E-state index is 12.4. The molecule has 0 aliphatic rings. The van der Waals surface area contributed by atoms with Gasteiger partial charge in [0.15, 0.2) is 10.9 Å². The lowest BCUT2D eigenvalue weighted by Gasteiger charge is -2.05. The van der Waals surface area contributed by atoms with Gasteiger partial charge in [-0.2, -0.15) is 0 Å². The molecule has 1 amide bonds. The lowest BCUT2D eigenvalue weighted by molar-refractivity contribution is -0.116. The molecule has 0 aliphatic heterocycles. The van der Waals surface area contributed by atoms with Crippen LogP contribution in [-0.4, -0.2) is 23.3 Å². The van der Waals surface area contributed by atoms with E-state index in [9.17, 15) is 9.59 Å². The summed E-state index contributed by atoms with van der Waals surface area (Å²) in [7, 11) is 0. The Labute approximate surface area is 187 Å². The number of ketones is 1. The second-order valence-electron chi connectivity index (χ2n) is 7.34. The Morgan fingerprint density at radius 2 is 1.71 bits per heavy atom. The number of aryl methyl sites for hydroxylation is 2. The third-order valence-electron chi connectivity index (χ3n) is 4.81. The van der Waals surface area contributed by atoms with Gasteiger partial charge in [0.05, 0.1) is 12.3 Å². The summed E-state index contributed by atoms with van der Waals surface area (Å²) in [6, 6.07) is 15.3. The van der Waals surface area contributed by atoms with Gasteiger partial charge >= 0.3 is 0 Å². The van der Waals surface area contributed by atoms with Crippen molar-refractivity contribution in [3.8, 4) is 17.0 Å². The Kier molecular flexibility index (Phi) is 7.95. The predicted octanol–water partition coefficient (Wildman–Crippen LogP) is 6.07. The highest BCUT2D eigenvalue weighted by atomic mass is 32.1. The van der Waals surface area contributed by atoms with Gasteiger partial charge in [0.25, 0.3) is 0 Å². The van der Waals surface area contributed by atoms with Crippen LogP contribution in [0.25, 0.3) is 11.3 Å². The van der Waals surface area contributed by atoms with E-state index in [2.05, 4.69) is 17.2 Å². The van der Waals surface area contributed by atoms with Crippen LogP contribution >= 0.6 is 11.3 Å². The molecule has 6 heteroatoms. The van der Waals surface area contributed by atoms with E-state index in [0.29, 0.717) is 17.3 Å². The van der Waals surface area contributed by atoms with Gasteiger partial charge in [0.1, 0.15) is 5.75 Å². The zero-order chi connectivity index (χ0) is 22.2. The molecule has 1 aromatic heterocycles. The van der Waals surface area contributed by atoms with Gasteiger partial charge in [0, 0.05) is 28.8 Å².